The smallest absolute Gasteiger partial charge is 0.318 e. The third-order valence-electron chi connectivity index (χ3n) is 4.27. The molecule has 0 saturated carbocycles. The van der Waals surface area contributed by atoms with Crippen molar-refractivity contribution in [2.24, 2.45) is 0 Å². The number of hydrogen-bond donors (Lipinski definition) is 1. The van der Waals surface area contributed by atoms with Crippen molar-refractivity contribution in [3.8, 4) is 0 Å². The molecule has 3 amide bonds. The number of nitrogens with one attached hydrogen (secondary N) is 1. The maximum absolute atomic E-state index is 12.5. The fourth-order valence-electron chi connectivity index (χ4n) is 2.94. The van der Waals surface area contributed by atoms with Gasteiger partial charge in [-0.05, 0) is 31.2 Å². The van der Waals surface area contributed by atoms with Crippen LogP contribution in [0.15, 0.2) is 54.7 Å². The Morgan fingerprint density at radius 2 is 2.00 bits per heavy atom. The highest BCUT2D eigenvalue weighted by molar-refractivity contribution is 5.96. The summed E-state index contributed by atoms with van der Waals surface area (Å²) in [6.07, 6.45) is 2.04. The molecule has 6 nitrogen and oxygen atoms in total. The van der Waals surface area contributed by atoms with E-state index >= 15 is 0 Å². The van der Waals surface area contributed by atoms with Crippen LogP contribution < -0.4 is 10.2 Å². The van der Waals surface area contributed by atoms with Gasteiger partial charge in [-0.15, -0.1) is 0 Å². The van der Waals surface area contributed by atoms with Gasteiger partial charge in [0.2, 0.25) is 5.91 Å². The number of nitrogens with zero attached hydrogens (tertiary/aromatic N) is 3. The number of rotatable bonds is 5. The topological polar surface area (TPSA) is 65.5 Å². The van der Waals surface area contributed by atoms with Gasteiger partial charge in [0.05, 0.1) is 18.3 Å². The molecule has 2 aromatic rings. The minimum Gasteiger partial charge on any atom is -0.333 e. The van der Waals surface area contributed by atoms with Crippen LogP contribution in [0.5, 0.6) is 0 Å². The second-order valence-electron chi connectivity index (χ2n) is 6.03. The zero-order valence-corrected chi connectivity index (χ0v) is 14.3. The van der Waals surface area contributed by atoms with E-state index < -0.39 is 0 Å². The highest BCUT2D eigenvalue weighted by Gasteiger charge is 2.32. The lowest BCUT2D eigenvalue weighted by molar-refractivity contribution is -0.117. The fraction of sp³-hybridized carbons (Fsp3) is 0.316. The predicted molar refractivity (Wildman–Crippen MR) is 96.1 cm³/mol. The van der Waals surface area contributed by atoms with Crippen LogP contribution in [0.25, 0.3) is 0 Å². The minimum absolute atomic E-state index is 0.0317. The number of carbonyl (C=O) groups is 2. The van der Waals surface area contributed by atoms with E-state index in [9.17, 15) is 9.59 Å². The molecule has 1 aromatic carbocycles. The van der Waals surface area contributed by atoms with E-state index in [2.05, 4.69) is 10.3 Å². The van der Waals surface area contributed by atoms with Crippen molar-refractivity contribution in [3.63, 3.8) is 0 Å². The molecule has 1 atom stereocenters. The summed E-state index contributed by atoms with van der Waals surface area (Å²) in [7, 11) is 0. The van der Waals surface area contributed by atoms with Crippen molar-refractivity contribution in [1.82, 2.24) is 15.2 Å². The van der Waals surface area contributed by atoms with Crippen LogP contribution in [0, 0.1) is 0 Å². The maximum atomic E-state index is 12.5. The van der Waals surface area contributed by atoms with Crippen LogP contribution in [0.3, 0.4) is 0 Å². The number of anilines is 1. The SMILES string of the molecule is CCN(Cc1ccccn1)C(=O)N[C@@H]1CC(=O)N(c2ccccc2)C1. The lowest BCUT2D eigenvalue weighted by Gasteiger charge is -2.23. The highest BCUT2D eigenvalue weighted by Crippen LogP contribution is 2.21. The third-order valence-corrected chi connectivity index (χ3v) is 4.27. The Kier molecular flexibility index (Phi) is 5.28. The number of aromatic nitrogens is 1. The van der Waals surface area contributed by atoms with Gasteiger partial charge in [-0.25, -0.2) is 4.79 Å². The van der Waals surface area contributed by atoms with Crippen LogP contribution in [0.1, 0.15) is 19.0 Å². The molecule has 1 saturated heterocycles. The Bertz CT molecular complexity index is 721. The molecule has 0 bridgehead atoms. The van der Waals surface area contributed by atoms with Gasteiger partial charge in [-0.3, -0.25) is 9.78 Å². The average Bonchev–Trinajstić information content (AvgIpc) is 3.01. The zero-order valence-electron chi connectivity index (χ0n) is 14.3. The lowest BCUT2D eigenvalue weighted by Crippen LogP contribution is -2.45. The molecule has 0 aliphatic carbocycles. The van der Waals surface area contributed by atoms with Crippen molar-refractivity contribution >= 4 is 17.6 Å². The number of pyridine rings is 1. The standard InChI is InChI=1S/C19H22N4O2/c1-2-22(13-15-8-6-7-11-20-15)19(25)21-16-12-18(24)23(14-16)17-9-4-3-5-10-17/h3-11,16H,2,12-14H2,1H3,(H,21,25)/t16-/m1/s1. The molecule has 3 rings (SSSR count). The number of urea groups is 1. The molecule has 0 unspecified atom stereocenters. The number of carbonyl (C=O) groups excluding carboxylic acids is 2. The van der Waals surface area contributed by atoms with Crippen LogP contribution in [0.2, 0.25) is 0 Å². The van der Waals surface area contributed by atoms with Gasteiger partial charge in [0, 0.05) is 31.4 Å². The third kappa shape index (κ3) is 4.15. The molecule has 1 N–H and O–H groups in total. The van der Waals surface area contributed by atoms with E-state index in [1.165, 1.54) is 0 Å². The van der Waals surface area contributed by atoms with E-state index in [1.807, 2.05) is 55.5 Å². The van der Waals surface area contributed by atoms with Crippen molar-refractivity contribution < 1.29 is 9.59 Å². The molecule has 1 aliphatic rings. The van der Waals surface area contributed by atoms with Crippen molar-refractivity contribution in [1.29, 1.82) is 0 Å². The van der Waals surface area contributed by atoms with E-state index in [4.69, 9.17) is 0 Å². The van der Waals surface area contributed by atoms with Gasteiger partial charge in [-0.1, -0.05) is 24.3 Å². The van der Waals surface area contributed by atoms with Gasteiger partial charge < -0.3 is 15.1 Å². The Morgan fingerprint density at radius 1 is 1.24 bits per heavy atom. The highest BCUT2D eigenvalue weighted by atomic mass is 16.2. The Morgan fingerprint density at radius 3 is 2.68 bits per heavy atom. The second kappa shape index (κ2) is 7.79. The van der Waals surface area contributed by atoms with Crippen LogP contribution in [0.4, 0.5) is 10.5 Å². The van der Waals surface area contributed by atoms with Crippen LogP contribution >= 0.6 is 0 Å². The lowest BCUT2D eigenvalue weighted by atomic mass is 10.2. The number of amides is 3. The summed E-state index contributed by atoms with van der Waals surface area (Å²) in [5, 5.41) is 2.98. The summed E-state index contributed by atoms with van der Waals surface area (Å²) in [6, 6.07) is 14.8. The Labute approximate surface area is 147 Å². The first-order valence-electron chi connectivity index (χ1n) is 8.48. The maximum Gasteiger partial charge on any atom is 0.318 e. The Hall–Kier alpha value is -2.89. The molecule has 0 radical (unpaired) electrons. The molecule has 130 valence electrons. The van der Waals surface area contributed by atoms with E-state index in [-0.39, 0.29) is 18.0 Å². The first-order chi connectivity index (χ1) is 12.2. The van der Waals surface area contributed by atoms with E-state index in [0.29, 0.717) is 26.1 Å². The molecule has 1 aromatic heterocycles. The average molecular weight is 338 g/mol. The zero-order chi connectivity index (χ0) is 17.6. The van der Waals surface area contributed by atoms with Crippen molar-refractivity contribution in [2.75, 3.05) is 18.0 Å². The molecule has 25 heavy (non-hydrogen) atoms. The molecular weight excluding hydrogens is 316 g/mol. The predicted octanol–water partition coefficient (Wildman–Crippen LogP) is 2.42. The van der Waals surface area contributed by atoms with Crippen LogP contribution in [-0.4, -0.2) is 41.0 Å². The molecule has 0 spiro atoms. The molecule has 1 aliphatic heterocycles. The first kappa shape index (κ1) is 17.0. The summed E-state index contributed by atoms with van der Waals surface area (Å²) in [6.45, 7) is 3.45. The second-order valence-corrected chi connectivity index (χ2v) is 6.03. The number of benzene rings is 1. The van der Waals surface area contributed by atoms with Gasteiger partial charge >= 0.3 is 6.03 Å². The van der Waals surface area contributed by atoms with Gasteiger partial charge in [0.15, 0.2) is 0 Å². The molecule has 2 heterocycles. The van der Waals surface area contributed by atoms with E-state index in [0.717, 1.165) is 11.4 Å². The fourth-order valence-corrected chi connectivity index (χ4v) is 2.94. The molecule has 6 heteroatoms. The van der Waals surface area contributed by atoms with E-state index in [1.54, 1.807) is 16.0 Å². The van der Waals surface area contributed by atoms with Gasteiger partial charge in [0.1, 0.15) is 0 Å². The quantitative estimate of drug-likeness (QED) is 0.910. The summed E-state index contributed by atoms with van der Waals surface area (Å²) >= 11 is 0. The van der Waals surface area contributed by atoms with Crippen LogP contribution in [-0.2, 0) is 11.3 Å². The summed E-state index contributed by atoms with van der Waals surface area (Å²) in [4.78, 5) is 32.5. The van der Waals surface area contributed by atoms with Gasteiger partial charge in [0.25, 0.3) is 0 Å². The Balaban J connectivity index is 1.60. The molecule has 1 fully saturated rings. The monoisotopic (exact) mass is 338 g/mol. The summed E-state index contributed by atoms with van der Waals surface area (Å²) < 4.78 is 0. The normalized spacial score (nSPS) is 16.8. The summed E-state index contributed by atoms with van der Waals surface area (Å²) in [5.41, 5.74) is 1.71. The van der Waals surface area contributed by atoms with Crippen molar-refractivity contribution in [3.05, 3.63) is 60.4 Å². The largest absolute Gasteiger partial charge is 0.333 e. The first-order valence-corrected chi connectivity index (χ1v) is 8.48. The number of para-hydroxylation sites is 1. The summed E-state index contributed by atoms with van der Waals surface area (Å²) in [5.74, 6) is 0.0317. The molecular formula is C19H22N4O2. The van der Waals surface area contributed by atoms with Gasteiger partial charge in [-0.2, -0.15) is 0 Å². The minimum atomic E-state index is -0.182. The van der Waals surface area contributed by atoms with Crippen molar-refractivity contribution in [2.45, 2.75) is 25.9 Å². The number of hydrogen-bond acceptors (Lipinski definition) is 3.